The number of ether oxygens (including phenoxy) is 1. The highest BCUT2D eigenvalue weighted by molar-refractivity contribution is 7.89. The Morgan fingerprint density at radius 2 is 1.63 bits per heavy atom. The molecule has 0 radical (unpaired) electrons. The molecule has 4 rings (SSSR count). The minimum atomic E-state index is -3.48. The zero-order valence-corrected chi connectivity index (χ0v) is 21.3. The van der Waals surface area contributed by atoms with Gasteiger partial charge >= 0.3 is 0 Å². The molecule has 0 aliphatic carbocycles. The molecule has 0 saturated carbocycles. The number of rotatable bonds is 7. The number of hydrogen-bond donors (Lipinski definition) is 1. The van der Waals surface area contributed by atoms with Gasteiger partial charge in [0, 0.05) is 43.3 Å². The second kappa shape index (κ2) is 10.8. The summed E-state index contributed by atoms with van der Waals surface area (Å²) in [5.41, 5.74) is 3.11. The van der Waals surface area contributed by atoms with Gasteiger partial charge in [0.05, 0.1) is 17.7 Å². The van der Waals surface area contributed by atoms with Crippen molar-refractivity contribution in [2.75, 3.05) is 38.6 Å². The summed E-state index contributed by atoms with van der Waals surface area (Å²) < 4.78 is 32.6. The maximum Gasteiger partial charge on any atom is 0.255 e. The van der Waals surface area contributed by atoms with Crippen molar-refractivity contribution in [2.24, 2.45) is 0 Å². The van der Waals surface area contributed by atoms with Crippen LogP contribution in [0.15, 0.2) is 71.6 Å². The Hall–Kier alpha value is -2.91. The molecular formula is C26H28ClN3O4S. The Balaban J connectivity index is 1.33. The predicted octanol–water partition coefficient (Wildman–Crippen LogP) is 4.42. The lowest BCUT2D eigenvalue weighted by molar-refractivity contribution is 0.102. The zero-order valence-electron chi connectivity index (χ0n) is 19.7. The first-order chi connectivity index (χ1) is 16.8. The maximum atomic E-state index is 12.9. The van der Waals surface area contributed by atoms with Crippen molar-refractivity contribution >= 4 is 33.2 Å². The lowest BCUT2D eigenvalue weighted by Crippen LogP contribution is -2.48. The molecule has 0 spiro atoms. The van der Waals surface area contributed by atoms with Gasteiger partial charge in [-0.15, -0.1) is 0 Å². The number of nitrogens with zero attached hydrogens (tertiary/aromatic N) is 2. The largest absolute Gasteiger partial charge is 0.495 e. The molecule has 1 fully saturated rings. The van der Waals surface area contributed by atoms with Crippen LogP contribution < -0.4 is 10.1 Å². The van der Waals surface area contributed by atoms with Gasteiger partial charge < -0.3 is 10.1 Å². The van der Waals surface area contributed by atoms with Gasteiger partial charge in [0.25, 0.3) is 5.91 Å². The summed E-state index contributed by atoms with van der Waals surface area (Å²) in [5.74, 6) is 0.273. The number of nitrogens with one attached hydrogen (secondary N) is 1. The van der Waals surface area contributed by atoms with Crippen LogP contribution in [0, 0.1) is 6.92 Å². The molecule has 35 heavy (non-hydrogen) atoms. The highest BCUT2D eigenvalue weighted by Crippen LogP contribution is 2.28. The molecule has 7 nitrogen and oxygen atoms in total. The van der Waals surface area contributed by atoms with E-state index in [-0.39, 0.29) is 5.91 Å². The molecule has 0 atom stereocenters. The van der Waals surface area contributed by atoms with Crippen molar-refractivity contribution in [2.45, 2.75) is 18.4 Å². The minimum Gasteiger partial charge on any atom is -0.495 e. The molecule has 0 bridgehead atoms. The molecular weight excluding hydrogens is 486 g/mol. The molecule has 0 unspecified atom stereocenters. The molecule has 3 aromatic rings. The summed E-state index contributed by atoms with van der Waals surface area (Å²) in [6, 6.07) is 19.4. The Labute approximate surface area is 211 Å². The number of piperazine rings is 1. The third kappa shape index (κ3) is 6.02. The minimum absolute atomic E-state index is 0.257. The molecule has 1 N–H and O–H groups in total. The van der Waals surface area contributed by atoms with Crippen molar-refractivity contribution in [3.05, 3.63) is 88.4 Å². The first kappa shape index (κ1) is 25.2. The standard InChI is InChI=1S/C26H28ClN3O4S/c1-19-3-10-23(11-4-19)35(32,33)30-15-13-29(14-16-30)18-20-5-7-21(8-6-20)26(31)28-24-17-22(27)9-12-25(24)34-2/h3-12,17H,13-16,18H2,1-2H3,(H,28,31). The van der Waals surface area contributed by atoms with Gasteiger partial charge in [0.15, 0.2) is 0 Å². The maximum absolute atomic E-state index is 12.9. The van der Waals surface area contributed by atoms with Crippen LogP contribution in [0.1, 0.15) is 21.5 Å². The van der Waals surface area contributed by atoms with Crippen molar-refractivity contribution in [3.8, 4) is 5.75 Å². The number of amides is 1. The van der Waals surface area contributed by atoms with E-state index in [4.69, 9.17) is 16.3 Å². The fraction of sp³-hybridized carbons (Fsp3) is 0.269. The average Bonchev–Trinajstić information content (AvgIpc) is 2.85. The van der Waals surface area contributed by atoms with Crippen molar-refractivity contribution in [3.63, 3.8) is 0 Å². The highest BCUT2D eigenvalue weighted by atomic mass is 35.5. The molecule has 3 aromatic carbocycles. The third-order valence-corrected chi connectivity index (χ3v) is 8.17. The third-order valence-electron chi connectivity index (χ3n) is 6.02. The van der Waals surface area contributed by atoms with Crippen molar-refractivity contribution < 1.29 is 17.9 Å². The molecule has 1 amide bonds. The zero-order chi connectivity index (χ0) is 25.0. The number of carbonyl (C=O) groups is 1. The Kier molecular flexibility index (Phi) is 7.76. The van der Waals surface area contributed by atoms with E-state index < -0.39 is 10.0 Å². The van der Waals surface area contributed by atoms with Gasteiger partial charge in [-0.1, -0.05) is 41.4 Å². The SMILES string of the molecule is COc1ccc(Cl)cc1NC(=O)c1ccc(CN2CCN(S(=O)(=O)c3ccc(C)cc3)CC2)cc1. The normalized spacial score (nSPS) is 15.1. The molecule has 1 saturated heterocycles. The van der Waals surface area contributed by atoms with Crippen molar-refractivity contribution in [1.82, 2.24) is 9.21 Å². The first-order valence-electron chi connectivity index (χ1n) is 11.3. The highest BCUT2D eigenvalue weighted by Gasteiger charge is 2.28. The second-order valence-corrected chi connectivity index (χ2v) is 10.9. The van der Waals surface area contributed by atoms with Gasteiger partial charge in [-0.25, -0.2) is 8.42 Å². The van der Waals surface area contributed by atoms with Crippen LogP contribution >= 0.6 is 11.6 Å². The Bertz CT molecular complexity index is 1290. The summed E-state index contributed by atoms with van der Waals surface area (Å²) in [6.45, 7) is 4.78. The topological polar surface area (TPSA) is 79.0 Å². The smallest absolute Gasteiger partial charge is 0.255 e. The monoisotopic (exact) mass is 513 g/mol. The van der Waals surface area contributed by atoms with E-state index in [1.807, 2.05) is 31.2 Å². The molecule has 1 aliphatic heterocycles. The summed E-state index contributed by atoms with van der Waals surface area (Å²) in [5, 5.41) is 3.34. The second-order valence-electron chi connectivity index (χ2n) is 8.49. The fourth-order valence-electron chi connectivity index (χ4n) is 3.98. The Morgan fingerprint density at radius 3 is 2.26 bits per heavy atom. The molecule has 0 aromatic heterocycles. The van der Waals surface area contributed by atoms with Crippen LogP contribution in [0.25, 0.3) is 0 Å². The van der Waals surface area contributed by atoms with Crippen molar-refractivity contribution in [1.29, 1.82) is 0 Å². The summed E-state index contributed by atoms with van der Waals surface area (Å²) in [4.78, 5) is 15.2. The predicted molar refractivity (Wildman–Crippen MR) is 138 cm³/mol. The molecule has 184 valence electrons. The number of halogens is 1. The van der Waals surface area contributed by atoms with Gasteiger partial charge in [0.1, 0.15) is 5.75 Å². The number of aryl methyl sites for hydroxylation is 1. The van der Waals surface area contributed by atoms with Gasteiger partial charge in [-0.2, -0.15) is 4.31 Å². The lowest BCUT2D eigenvalue weighted by atomic mass is 10.1. The van der Waals surface area contributed by atoms with Crippen LogP contribution in [0.3, 0.4) is 0 Å². The number of hydrogen-bond acceptors (Lipinski definition) is 5. The van der Waals surface area contributed by atoms with E-state index in [2.05, 4.69) is 10.2 Å². The van der Waals surface area contributed by atoms with E-state index in [1.54, 1.807) is 46.8 Å². The molecule has 1 heterocycles. The van der Waals surface area contributed by atoms with Gasteiger partial charge in [-0.05, 0) is 55.0 Å². The summed E-state index contributed by atoms with van der Waals surface area (Å²) in [6.07, 6.45) is 0. The van der Waals surface area contributed by atoms with Gasteiger partial charge in [-0.3, -0.25) is 9.69 Å². The number of methoxy groups -OCH3 is 1. The van der Waals surface area contributed by atoms with Crippen LogP contribution in [0.5, 0.6) is 5.75 Å². The average molecular weight is 514 g/mol. The van der Waals surface area contributed by atoms with Crippen LogP contribution in [0.4, 0.5) is 5.69 Å². The van der Waals surface area contributed by atoms with E-state index in [0.717, 1.165) is 11.1 Å². The van der Waals surface area contributed by atoms with Crippen LogP contribution in [-0.4, -0.2) is 56.8 Å². The molecule has 9 heteroatoms. The van der Waals surface area contributed by atoms with E-state index >= 15 is 0 Å². The van der Waals surface area contributed by atoms with E-state index in [1.165, 1.54) is 7.11 Å². The summed E-state index contributed by atoms with van der Waals surface area (Å²) in [7, 11) is -1.95. The fourth-order valence-corrected chi connectivity index (χ4v) is 5.57. The van der Waals surface area contributed by atoms with Crippen LogP contribution in [0.2, 0.25) is 5.02 Å². The first-order valence-corrected chi connectivity index (χ1v) is 13.1. The Morgan fingerprint density at radius 1 is 0.971 bits per heavy atom. The number of carbonyl (C=O) groups excluding carboxylic acids is 1. The lowest BCUT2D eigenvalue weighted by Gasteiger charge is -2.34. The quantitative estimate of drug-likeness (QED) is 0.506. The van der Waals surface area contributed by atoms with E-state index in [0.29, 0.717) is 59.6 Å². The number of anilines is 1. The van der Waals surface area contributed by atoms with Gasteiger partial charge in [0.2, 0.25) is 10.0 Å². The molecule has 1 aliphatic rings. The summed E-state index contributed by atoms with van der Waals surface area (Å²) >= 11 is 6.04. The van der Waals surface area contributed by atoms with Crippen LogP contribution in [-0.2, 0) is 16.6 Å². The number of benzene rings is 3. The number of sulfonamides is 1. The van der Waals surface area contributed by atoms with E-state index in [9.17, 15) is 13.2 Å².